The Morgan fingerprint density at radius 2 is 1.09 bits per heavy atom. The van der Waals surface area contributed by atoms with Crippen LogP contribution in [-0.4, -0.2) is 29.3 Å². The molecule has 0 spiro atoms. The van der Waals surface area contributed by atoms with E-state index in [9.17, 15) is 9.59 Å². The lowest BCUT2D eigenvalue weighted by Crippen LogP contribution is -1.97. The van der Waals surface area contributed by atoms with E-state index >= 15 is 0 Å². The summed E-state index contributed by atoms with van der Waals surface area (Å²) >= 11 is 0. The number of rotatable bonds is 0. The van der Waals surface area contributed by atoms with E-state index in [1.165, 1.54) is 24.3 Å². The molecule has 1 aliphatic rings. The molecule has 0 saturated heterocycles. The Balaban J connectivity index is 0.000000292. The molecule has 0 heterocycles. The van der Waals surface area contributed by atoms with Crippen LogP contribution in [0.25, 0.3) is 0 Å². The van der Waals surface area contributed by atoms with Gasteiger partial charge in [-0.05, 0) is 24.3 Å². The van der Waals surface area contributed by atoms with Gasteiger partial charge in [-0.1, -0.05) is 0 Å². The number of hydrogen-bond acceptors (Lipinski definition) is 4. The van der Waals surface area contributed by atoms with Crippen molar-refractivity contribution in [3.8, 4) is 0 Å². The number of carbonyl (C=O) groups is 2. The monoisotopic (exact) mass is 153 g/mol. The van der Waals surface area contributed by atoms with E-state index in [1.54, 1.807) is 0 Å². The van der Waals surface area contributed by atoms with Crippen molar-refractivity contribution in [2.24, 2.45) is 0 Å². The standard InChI is InChI=1S/C6H4O2.BH2O2/c7-5-1-2-6(8)4-3-5;2-1-3/h1-4H;2-3H. The maximum Gasteiger partial charge on any atom is 0.482 e. The normalized spacial score (nSPS) is 14.0. The molecule has 1 radical (unpaired) electrons. The third-order valence-corrected chi connectivity index (χ3v) is 0.824. The van der Waals surface area contributed by atoms with E-state index in [4.69, 9.17) is 10.0 Å². The van der Waals surface area contributed by atoms with Crippen LogP contribution in [0.4, 0.5) is 0 Å². The van der Waals surface area contributed by atoms with Crippen LogP contribution in [0, 0.1) is 0 Å². The summed E-state index contributed by atoms with van der Waals surface area (Å²) in [5, 5.41) is 14.0. The summed E-state index contributed by atoms with van der Waals surface area (Å²) in [7, 11) is 0. The van der Waals surface area contributed by atoms with Crippen LogP contribution in [0.2, 0.25) is 0 Å². The van der Waals surface area contributed by atoms with E-state index in [1.807, 2.05) is 0 Å². The van der Waals surface area contributed by atoms with Crippen molar-refractivity contribution in [3.63, 3.8) is 0 Å². The van der Waals surface area contributed by atoms with Gasteiger partial charge in [0.1, 0.15) is 0 Å². The van der Waals surface area contributed by atoms with Crippen molar-refractivity contribution in [2.75, 3.05) is 0 Å². The first-order chi connectivity index (χ1) is 5.20. The lowest BCUT2D eigenvalue weighted by Gasteiger charge is -1.87. The van der Waals surface area contributed by atoms with Gasteiger partial charge in [-0.2, -0.15) is 0 Å². The average molecular weight is 153 g/mol. The first kappa shape index (κ1) is 9.80. The first-order valence-corrected chi connectivity index (χ1v) is 2.75. The Bertz CT molecular complexity index is 169. The average Bonchev–Trinajstić information content (AvgIpc) is 1.97. The van der Waals surface area contributed by atoms with Crippen molar-refractivity contribution in [3.05, 3.63) is 24.3 Å². The molecule has 1 rings (SSSR count). The molecule has 2 N–H and O–H groups in total. The zero-order valence-corrected chi connectivity index (χ0v) is 5.60. The zero-order valence-electron chi connectivity index (χ0n) is 5.60. The third kappa shape index (κ3) is 5.26. The Morgan fingerprint density at radius 1 is 0.909 bits per heavy atom. The second kappa shape index (κ2) is 5.58. The Hall–Kier alpha value is -1.20. The minimum atomic E-state index is -0.121. The summed E-state index contributed by atoms with van der Waals surface area (Å²) in [4.78, 5) is 20.6. The van der Waals surface area contributed by atoms with Crippen molar-refractivity contribution < 1.29 is 19.6 Å². The third-order valence-electron chi connectivity index (χ3n) is 0.824. The summed E-state index contributed by atoms with van der Waals surface area (Å²) in [6, 6.07) is 0. The molecule has 11 heavy (non-hydrogen) atoms. The van der Waals surface area contributed by atoms with Crippen LogP contribution in [0.1, 0.15) is 0 Å². The summed E-state index contributed by atoms with van der Waals surface area (Å²) in [5.41, 5.74) is 0. The van der Waals surface area contributed by atoms with E-state index in [-0.39, 0.29) is 19.3 Å². The Kier molecular flexibility index (Phi) is 4.97. The Labute approximate surface area is 64.2 Å². The number of allylic oxidation sites excluding steroid dienone is 4. The topological polar surface area (TPSA) is 74.6 Å². The maximum atomic E-state index is 10.3. The van der Waals surface area contributed by atoms with Gasteiger partial charge in [-0.15, -0.1) is 0 Å². The predicted octanol–water partition coefficient (Wildman–Crippen LogP) is -1.24. The lowest BCUT2D eigenvalue weighted by molar-refractivity contribution is -0.113. The number of hydrogen-bond donors (Lipinski definition) is 2. The van der Waals surface area contributed by atoms with Crippen LogP contribution in [0.15, 0.2) is 24.3 Å². The van der Waals surface area contributed by atoms with Gasteiger partial charge in [0, 0.05) is 0 Å². The molecule has 1 aliphatic carbocycles. The van der Waals surface area contributed by atoms with Crippen LogP contribution in [0.3, 0.4) is 0 Å². The molecule has 0 saturated carbocycles. The molecule has 0 bridgehead atoms. The largest absolute Gasteiger partial charge is 0.482 e. The van der Waals surface area contributed by atoms with Gasteiger partial charge in [-0.3, -0.25) is 9.59 Å². The number of carbonyl (C=O) groups excluding carboxylic acids is 2. The van der Waals surface area contributed by atoms with Crippen LogP contribution < -0.4 is 0 Å². The van der Waals surface area contributed by atoms with Crippen LogP contribution >= 0.6 is 0 Å². The molecule has 0 aromatic heterocycles. The molecular weight excluding hydrogens is 147 g/mol. The highest BCUT2D eigenvalue weighted by molar-refractivity contribution is 6.14. The molecule has 0 aliphatic heterocycles. The van der Waals surface area contributed by atoms with Crippen molar-refractivity contribution >= 4 is 19.3 Å². The van der Waals surface area contributed by atoms with Gasteiger partial charge in [0.25, 0.3) is 0 Å². The van der Waals surface area contributed by atoms with Gasteiger partial charge >= 0.3 is 7.69 Å². The summed E-state index contributed by atoms with van der Waals surface area (Å²) in [6.45, 7) is 0. The van der Waals surface area contributed by atoms with Crippen LogP contribution in [-0.2, 0) is 9.59 Å². The molecule has 0 unspecified atom stereocenters. The fraction of sp³-hybridized carbons (Fsp3) is 0. The number of ketones is 2. The highest BCUT2D eigenvalue weighted by atomic mass is 16.4. The molecule has 0 fully saturated rings. The first-order valence-electron chi connectivity index (χ1n) is 2.75. The fourth-order valence-electron chi connectivity index (χ4n) is 0.440. The van der Waals surface area contributed by atoms with Gasteiger partial charge in [0.2, 0.25) is 0 Å². The molecule has 57 valence electrons. The van der Waals surface area contributed by atoms with Gasteiger partial charge in [0.15, 0.2) is 11.6 Å². The van der Waals surface area contributed by atoms with Crippen molar-refractivity contribution in [1.29, 1.82) is 0 Å². The highest BCUT2D eigenvalue weighted by Gasteiger charge is 1.97. The van der Waals surface area contributed by atoms with E-state index in [0.29, 0.717) is 0 Å². The smallest absolute Gasteiger partial charge is 0.429 e. The van der Waals surface area contributed by atoms with Crippen molar-refractivity contribution in [2.45, 2.75) is 0 Å². The molecule has 0 aromatic rings. The lowest BCUT2D eigenvalue weighted by atomic mass is 10.2. The van der Waals surface area contributed by atoms with E-state index < -0.39 is 0 Å². The van der Waals surface area contributed by atoms with Gasteiger partial charge in [0.05, 0.1) is 0 Å². The minimum absolute atomic E-state index is 0. The highest BCUT2D eigenvalue weighted by Crippen LogP contribution is 1.90. The molecule has 4 nitrogen and oxygen atoms in total. The van der Waals surface area contributed by atoms with E-state index in [2.05, 4.69) is 0 Å². The molecular formula is C6H6BO4. The molecule has 0 atom stereocenters. The molecule has 0 amide bonds. The predicted molar refractivity (Wildman–Crippen MR) is 38.5 cm³/mol. The fourth-order valence-corrected chi connectivity index (χ4v) is 0.440. The maximum absolute atomic E-state index is 10.3. The quantitative estimate of drug-likeness (QED) is 0.337. The zero-order chi connectivity index (χ0) is 8.69. The van der Waals surface area contributed by atoms with E-state index in [0.717, 1.165) is 0 Å². The SMILES string of the molecule is O=C1C=CC(=O)C=C1.O[B]O. The van der Waals surface area contributed by atoms with Crippen molar-refractivity contribution in [1.82, 2.24) is 0 Å². The van der Waals surface area contributed by atoms with Gasteiger partial charge in [-0.25, -0.2) is 0 Å². The van der Waals surface area contributed by atoms with Gasteiger partial charge < -0.3 is 10.0 Å². The second-order valence-electron chi connectivity index (χ2n) is 1.59. The molecule has 0 aromatic carbocycles. The molecule has 5 heteroatoms. The Morgan fingerprint density at radius 3 is 1.27 bits per heavy atom. The van der Waals surface area contributed by atoms with Crippen LogP contribution in [0.5, 0.6) is 0 Å². The second-order valence-corrected chi connectivity index (χ2v) is 1.59. The summed E-state index contributed by atoms with van der Waals surface area (Å²) < 4.78 is 0. The minimum Gasteiger partial charge on any atom is -0.429 e. The summed E-state index contributed by atoms with van der Waals surface area (Å²) in [5.74, 6) is -0.241. The summed E-state index contributed by atoms with van der Waals surface area (Å²) in [6.07, 6.45) is 5.01.